The van der Waals surface area contributed by atoms with Crippen molar-refractivity contribution >= 4 is 45.6 Å². The molecule has 0 aliphatic heterocycles. The molecule has 0 aliphatic rings. The van der Waals surface area contributed by atoms with E-state index in [2.05, 4.69) is 31.8 Å². The lowest BCUT2D eigenvalue weighted by atomic mass is 10.1. The molecule has 3 rings (SSSR count). The topological polar surface area (TPSA) is 106 Å². The maximum absolute atomic E-state index is 12.6. The van der Waals surface area contributed by atoms with E-state index < -0.39 is 17.8 Å². The van der Waals surface area contributed by atoms with E-state index in [0.29, 0.717) is 33.6 Å². The normalized spacial score (nSPS) is 10.6. The van der Waals surface area contributed by atoms with Gasteiger partial charge in [0, 0.05) is 15.7 Å². The average molecular weight is 552 g/mol. The number of carbonyl (C=O) groups excluding carboxylic acids is 3. The standard InChI is InChI=1S/C27H26BrN3O5/c1-3-15-35-23-12-7-19(8-13-23)27(34)36-24-14-9-21(28)16-20(24)17-29-31-26(33)25(32)30-22-10-5-18(4-2)6-11-22/h5-14,16-17H,3-4,15H2,1-2H3,(H,30,32)(H,31,33)/b29-17-. The van der Waals surface area contributed by atoms with E-state index >= 15 is 0 Å². The van der Waals surface area contributed by atoms with Gasteiger partial charge in [-0.05, 0) is 73.0 Å². The number of rotatable bonds is 9. The molecule has 2 N–H and O–H groups in total. The highest BCUT2D eigenvalue weighted by atomic mass is 79.9. The molecule has 8 nitrogen and oxygen atoms in total. The monoisotopic (exact) mass is 551 g/mol. The minimum atomic E-state index is -0.940. The van der Waals surface area contributed by atoms with Crippen LogP contribution in [0.25, 0.3) is 0 Å². The van der Waals surface area contributed by atoms with Gasteiger partial charge >= 0.3 is 17.8 Å². The highest BCUT2D eigenvalue weighted by Gasteiger charge is 2.14. The fourth-order valence-corrected chi connectivity index (χ4v) is 3.38. The van der Waals surface area contributed by atoms with Crippen LogP contribution in [0.3, 0.4) is 0 Å². The van der Waals surface area contributed by atoms with E-state index in [1.807, 2.05) is 26.0 Å². The summed E-state index contributed by atoms with van der Waals surface area (Å²) in [6, 6.07) is 18.8. The molecule has 0 atom stereocenters. The summed E-state index contributed by atoms with van der Waals surface area (Å²) in [5.74, 6) is -1.46. The predicted octanol–water partition coefficient (Wildman–Crippen LogP) is 5.11. The molecule has 3 aromatic rings. The highest BCUT2D eigenvalue weighted by Crippen LogP contribution is 2.23. The second-order valence-corrected chi connectivity index (χ2v) is 8.56. The minimum Gasteiger partial charge on any atom is -0.494 e. The van der Waals surface area contributed by atoms with E-state index in [1.54, 1.807) is 54.6 Å². The van der Waals surface area contributed by atoms with Crippen molar-refractivity contribution in [1.82, 2.24) is 5.43 Å². The zero-order valence-corrected chi connectivity index (χ0v) is 21.5. The Kier molecular flexibility index (Phi) is 9.76. The van der Waals surface area contributed by atoms with Crippen LogP contribution in [0, 0.1) is 0 Å². The number of esters is 1. The third-order valence-corrected chi connectivity index (χ3v) is 5.43. The van der Waals surface area contributed by atoms with Gasteiger partial charge in [-0.2, -0.15) is 5.10 Å². The molecule has 0 aromatic heterocycles. The van der Waals surface area contributed by atoms with Crippen molar-refractivity contribution in [3.8, 4) is 11.5 Å². The summed E-state index contributed by atoms with van der Waals surface area (Å²) in [7, 11) is 0. The Labute approximate surface area is 217 Å². The van der Waals surface area contributed by atoms with Gasteiger partial charge in [0.2, 0.25) is 0 Å². The molecule has 9 heteroatoms. The van der Waals surface area contributed by atoms with Crippen molar-refractivity contribution in [1.29, 1.82) is 0 Å². The van der Waals surface area contributed by atoms with Gasteiger partial charge in [-0.1, -0.05) is 41.9 Å². The number of aryl methyl sites for hydroxylation is 1. The molecule has 36 heavy (non-hydrogen) atoms. The lowest BCUT2D eigenvalue weighted by molar-refractivity contribution is -0.136. The number of hydrogen-bond donors (Lipinski definition) is 2. The van der Waals surface area contributed by atoms with Crippen LogP contribution < -0.4 is 20.2 Å². The molecule has 0 fully saturated rings. The molecule has 186 valence electrons. The molecule has 0 radical (unpaired) electrons. The van der Waals surface area contributed by atoms with Gasteiger partial charge in [0.1, 0.15) is 11.5 Å². The number of hydrogen-bond acceptors (Lipinski definition) is 6. The van der Waals surface area contributed by atoms with Gasteiger partial charge in [0.25, 0.3) is 0 Å². The first kappa shape index (κ1) is 26.6. The number of nitrogens with one attached hydrogen (secondary N) is 2. The lowest BCUT2D eigenvalue weighted by Crippen LogP contribution is -2.32. The first-order valence-corrected chi connectivity index (χ1v) is 12.2. The number of carbonyl (C=O) groups is 3. The summed E-state index contributed by atoms with van der Waals surface area (Å²) < 4.78 is 11.8. The maximum Gasteiger partial charge on any atom is 0.343 e. The molecular formula is C27H26BrN3O5. The average Bonchev–Trinajstić information content (AvgIpc) is 2.89. The van der Waals surface area contributed by atoms with Crippen LogP contribution in [0.4, 0.5) is 5.69 Å². The summed E-state index contributed by atoms with van der Waals surface area (Å²) in [5.41, 5.74) is 4.56. The number of benzene rings is 3. The summed E-state index contributed by atoms with van der Waals surface area (Å²) in [6.45, 7) is 4.63. The zero-order valence-electron chi connectivity index (χ0n) is 19.9. The largest absolute Gasteiger partial charge is 0.494 e. The van der Waals surface area contributed by atoms with E-state index in [4.69, 9.17) is 9.47 Å². The van der Waals surface area contributed by atoms with Crippen LogP contribution in [0.2, 0.25) is 0 Å². The van der Waals surface area contributed by atoms with Gasteiger partial charge in [-0.3, -0.25) is 9.59 Å². The Balaban J connectivity index is 1.62. The lowest BCUT2D eigenvalue weighted by Gasteiger charge is -2.09. The van der Waals surface area contributed by atoms with Crippen LogP contribution in [0.5, 0.6) is 11.5 Å². The smallest absolute Gasteiger partial charge is 0.343 e. The van der Waals surface area contributed by atoms with Crippen LogP contribution >= 0.6 is 15.9 Å². The Bertz CT molecular complexity index is 1240. The molecule has 0 spiro atoms. The Hall–Kier alpha value is -3.98. The van der Waals surface area contributed by atoms with Crippen molar-refractivity contribution in [2.24, 2.45) is 5.10 Å². The van der Waals surface area contributed by atoms with Gasteiger partial charge in [0.05, 0.1) is 18.4 Å². The zero-order chi connectivity index (χ0) is 25.9. The molecule has 0 saturated carbocycles. The van der Waals surface area contributed by atoms with Crippen molar-refractivity contribution in [2.45, 2.75) is 26.7 Å². The third kappa shape index (κ3) is 7.78. The van der Waals surface area contributed by atoms with E-state index in [1.165, 1.54) is 6.21 Å². The number of ether oxygens (including phenoxy) is 2. The first-order chi connectivity index (χ1) is 17.4. The van der Waals surface area contributed by atoms with Crippen molar-refractivity contribution in [3.63, 3.8) is 0 Å². The van der Waals surface area contributed by atoms with Gasteiger partial charge < -0.3 is 14.8 Å². The van der Waals surface area contributed by atoms with Crippen LogP contribution in [0.1, 0.15) is 41.8 Å². The Morgan fingerprint density at radius 2 is 1.67 bits per heavy atom. The fraction of sp³-hybridized carbons (Fsp3) is 0.185. The molecule has 3 aromatic carbocycles. The Morgan fingerprint density at radius 1 is 0.944 bits per heavy atom. The van der Waals surface area contributed by atoms with Gasteiger partial charge in [0.15, 0.2) is 0 Å². The third-order valence-electron chi connectivity index (χ3n) is 4.93. The predicted molar refractivity (Wildman–Crippen MR) is 142 cm³/mol. The second kappa shape index (κ2) is 13.2. The summed E-state index contributed by atoms with van der Waals surface area (Å²) in [5, 5.41) is 6.35. The number of halogens is 1. The number of nitrogens with zero attached hydrogens (tertiary/aromatic N) is 1. The summed E-state index contributed by atoms with van der Waals surface area (Å²) in [4.78, 5) is 36.9. The number of hydrazone groups is 1. The van der Waals surface area contributed by atoms with Crippen LogP contribution in [-0.4, -0.2) is 30.6 Å². The molecular weight excluding hydrogens is 526 g/mol. The first-order valence-electron chi connectivity index (χ1n) is 11.4. The maximum atomic E-state index is 12.6. The van der Waals surface area contributed by atoms with Crippen molar-refractivity contribution in [3.05, 3.63) is 87.9 Å². The van der Waals surface area contributed by atoms with Crippen LogP contribution in [-0.2, 0) is 16.0 Å². The number of amides is 2. The highest BCUT2D eigenvalue weighted by molar-refractivity contribution is 9.10. The van der Waals surface area contributed by atoms with E-state index in [-0.39, 0.29) is 5.75 Å². The molecule has 0 aliphatic carbocycles. The molecule has 0 bridgehead atoms. The number of anilines is 1. The Morgan fingerprint density at radius 3 is 2.33 bits per heavy atom. The quantitative estimate of drug-likeness (QED) is 0.126. The van der Waals surface area contributed by atoms with Crippen LogP contribution in [0.15, 0.2) is 76.3 Å². The van der Waals surface area contributed by atoms with E-state index in [0.717, 1.165) is 18.4 Å². The minimum absolute atomic E-state index is 0.230. The van der Waals surface area contributed by atoms with Gasteiger partial charge in [-0.15, -0.1) is 0 Å². The summed E-state index contributed by atoms with van der Waals surface area (Å²) in [6.07, 6.45) is 3.04. The fourth-order valence-electron chi connectivity index (χ4n) is 3.00. The molecule has 0 saturated heterocycles. The summed E-state index contributed by atoms with van der Waals surface area (Å²) >= 11 is 3.36. The molecule has 0 heterocycles. The van der Waals surface area contributed by atoms with E-state index in [9.17, 15) is 14.4 Å². The second-order valence-electron chi connectivity index (χ2n) is 7.65. The molecule has 0 unspecified atom stereocenters. The SMILES string of the molecule is CCCOc1ccc(C(=O)Oc2ccc(Br)cc2/C=N\NC(=O)C(=O)Nc2ccc(CC)cc2)cc1. The van der Waals surface area contributed by atoms with Gasteiger partial charge in [-0.25, -0.2) is 10.2 Å². The van der Waals surface area contributed by atoms with Crippen molar-refractivity contribution < 1.29 is 23.9 Å². The van der Waals surface area contributed by atoms with Crippen molar-refractivity contribution in [2.75, 3.05) is 11.9 Å². The molecule has 2 amide bonds.